The van der Waals surface area contributed by atoms with Crippen molar-refractivity contribution in [1.82, 2.24) is 0 Å². The summed E-state index contributed by atoms with van der Waals surface area (Å²) in [6, 6.07) is 17.5. The van der Waals surface area contributed by atoms with Gasteiger partial charge in [0, 0.05) is 10.7 Å². The van der Waals surface area contributed by atoms with Crippen LogP contribution in [0.2, 0.25) is 5.02 Å². The molecule has 0 aliphatic rings. The highest BCUT2D eigenvalue weighted by Gasteiger charge is 2.22. The number of anilines is 3. The van der Waals surface area contributed by atoms with Gasteiger partial charge in [0.1, 0.15) is 6.54 Å². The van der Waals surface area contributed by atoms with Crippen LogP contribution in [-0.4, -0.2) is 35.5 Å². The predicted molar refractivity (Wildman–Crippen MR) is 149 cm³/mol. The molecule has 198 valence electrons. The molecule has 0 saturated heterocycles. The summed E-state index contributed by atoms with van der Waals surface area (Å²) in [7, 11) is -7.64. The first-order valence-corrected chi connectivity index (χ1v) is 15.0. The van der Waals surface area contributed by atoms with E-state index in [0.717, 1.165) is 16.1 Å². The molecule has 3 rings (SSSR count). The molecule has 11 heteroatoms. The zero-order valence-electron chi connectivity index (χ0n) is 21.2. The highest BCUT2D eigenvalue weighted by Crippen LogP contribution is 2.27. The van der Waals surface area contributed by atoms with Crippen molar-refractivity contribution in [2.24, 2.45) is 0 Å². The molecule has 0 atom stereocenters. The second kappa shape index (κ2) is 10.7. The molecule has 0 aliphatic heterocycles. The van der Waals surface area contributed by atoms with Crippen molar-refractivity contribution in [1.29, 1.82) is 0 Å². The standard InChI is InChI=1S/C26H30ClN3O5S2/c1-18-23(27)7-6-8-24(18)29-37(34,35)22-15-11-20(12-16-22)28-25(31)17-30(36(5,32)33)21-13-9-19(10-14-21)26(2,3)4/h6-16,29H,17H2,1-5H3,(H,28,31). The average Bonchev–Trinajstić information content (AvgIpc) is 2.79. The van der Waals surface area contributed by atoms with E-state index in [1.54, 1.807) is 37.3 Å². The summed E-state index contributed by atoms with van der Waals surface area (Å²) >= 11 is 6.07. The summed E-state index contributed by atoms with van der Waals surface area (Å²) in [5.74, 6) is -0.575. The van der Waals surface area contributed by atoms with E-state index in [-0.39, 0.29) is 10.3 Å². The van der Waals surface area contributed by atoms with E-state index in [4.69, 9.17) is 11.6 Å². The van der Waals surface area contributed by atoms with Gasteiger partial charge in [-0.05, 0) is 72.0 Å². The van der Waals surface area contributed by atoms with Crippen LogP contribution in [0, 0.1) is 6.92 Å². The van der Waals surface area contributed by atoms with Crippen molar-refractivity contribution in [3.05, 3.63) is 82.9 Å². The van der Waals surface area contributed by atoms with Crippen LogP contribution in [0.4, 0.5) is 17.1 Å². The molecule has 0 unspecified atom stereocenters. The number of hydrogen-bond donors (Lipinski definition) is 2. The topological polar surface area (TPSA) is 113 Å². The van der Waals surface area contributed by atoms with Crippen molar-refractivity contribution < 1.29 is 21.6 Å². The summed E-state index contributed by atoms with van der Waals surface area (Å²) in [6.07, 6.45) is 1.03. The Morgan fingerprint density at radius 2 is 1.51 bits per heavy atom. The third-order valence-corrected chi connectivity index (χ3v) is 8.60. The number of nitrogens with one attached hydrogen (secondary N) is 2. The maximum atomic E-state index is 12.8. The van der Waals surface area contributed by atoms with Crippen LogP contribution in [0.1, 0.15) is 31.9 Å². The van der Waals surface area contributed by atoms with Crippen LogP contribution >= 0.6 is 11.6 Å². The quantitative estimate of drug-likeness (QED) is 0.393. The molecule has 3 aromatic carbocycles. The van der Waals surface area contributed by atoms with Gasteiger partial charge in [0.25, 0.3) is 10.0 Å². The normalized spacial score (nSPS) is 12.2. The highest BCUT2D eigenvalue weighted by atomic mass is 35.5. The van der Waals surface area contributed by atoms with E-state index >= 15 is 0 Å². The van der Waals surface area contributed by atoms with Gasteiger partial charge in [-0.2, -0.15) is 0 Å². The lowest BCUT2D eigenvalue weighted by molar-refractivity contribution is -0.114. The number of sulfonamides is 2. The first-order valence-electron chi connectivity index (χ1n) is 11.3. The fraction of sp³-hybridized carbons (Fsp3) is 0.269. The Morgan fingerprint density at radius 1 is 0.919 bits per heavy atom. The van der Waals surface area contributed by atoms with Crippen molar-refractivity contribution in [3.8, 4) is 0 Å². The Labute approximate surface area is 223 Å². The number of benzene rings is 3. The molecule has 0 bridgehead atoms. The minimum atomic E-state index is -3.90. The fourth-order valence-corrected chi connectivity index (χ4v) is 5.65. The predicted octanol–water partition coefficient (Wildman–Crippen LogP) is 5.15. The van der Waals surface area contributed by atoms with Crippen molar-refractivity contribution in [3.63, 3.8) is 0 Å². The molecule has 0 spiro atoms. The van der Waals surface area contributed by atoms with E-state index < -0.39 is 32.5 Å². The Hall–Kier alpha value is -3.08. The molecule has 0 saturated carbocycles. The second-order valence-electron chi connectivity index (χ2n) is 9.66. The first kappa shape index (κ1) is 28.5. The van der Waals surface area contributed by atoms with Crippen LogP contribution in [-0.2, 0) is 30.3 Å². The largest absolute Gasteiger partial charge is 0.325 e. The summed E-state index contributed by atoms with van der Waals surface area (Å²) in [5, 5.41) is 3.05. The molecule has 0 aliphatic carbocycles. The lowest BCUT2D eigenvalue weighted by Gasteiger charge is -2.24. The number of rotatable bonds is 8. The lowest BCUT2D eigenvalue weighted by atomic mass is 9.87. The molecule has 3 aromatic rings. The van der Waals surface area contributed by atoms with Crippen LogP contribution in [0.25, 0.3) is 0 Å². The number of carbonyl (C=O) groups is 1. The summed E-state index contributed by atoms with van der Waals surface area (Å²) in [6.45, 7) is 7.42. The maximum absolute atomic E-state index is 12.8. The van der Waals surface area contributed by atoms with E-state index in [1.165, 1.54) is 24.3 Å². The molecule has 0 heterocycles. The molecule has 2 N–H and O–H groups in total. The third-order valence-electron chi connectivity index (χ3n) is 5.67. The van der Waals surface area contributed by atoms with Gasteiger partial charge < -0.3 is 5.32 Å². The van der Waals surface area contributed by atoms with Crippen LogP contribution in [0.3, 0.4) is 0 Å². The molecule has 0 fully saturated rings. The minimum absolute atomic E-state index is 0.0124. The van der Waals surface area contributed by atoms with E-state index in [2.05, 4.69) is 30.8 Å². The lowest BCUT2D eigenvalue weighted by Crippen LogP contribution is -2.37. The molecule has 1 amide bonds. The number of nitrogens with zero attached hydrogens (tertiary/aromatic N) is 1. The average molecular weight is 564 g/mol. The van der Waals surface area contributed by atoms with Gasteiger partial charge in [0.2, 0.25) is 15.9 Å². The van der Waals surface area contributed by atoms with Gasteiger partial charge in [0.15, 0.2) is 0 Å². The van der Waals surface area contributed by atoms with Gasteiger partial charge >= 0.3 is 0 Å². The van der Waals surface area contributed by atoms with Crippen molar-refractivity contribution in [2.45, 2.75) is 38.0 Å². The highest BCUT2D eigenvalue weighted by molar-refractivity contribution is 7.92. The van der Waals surface area contributed by atoms with Gasteiger partial charge in [-0.15, -0.1) is 0 Å². The Kier molecular flexibility index (Phi) is 8.26. The van der Waals surface area contributed by atoms with E-state index in [1.807, 2.05) is 12.1 Å². The maximum Gasteiger partial charge on any atom is 0.261 e. The van der Waals surface area contributed by atoms with Gasteiger partial charge in [0.05, 0.1) is 22.5 Å². The van der Waals surface area contributed by atoms with E-state index in [9.17, 15) is 21.6 Å². The SMILES string of the molecule is Cc1c(Cl)cccc1NS(=O)(=O)c1ccc(NC(=O)CN(c2ccc(C(C)(C)C)cc2)S(C)(=O)=O)cc1. The fourth-order valence-electron chi connectivity index (χ4n) is 3.50. The van der Waals surface area contributed by atoms with Gasteiger partial charge in [-0.3, -0.25) is 13.8 Å². The Bertz CT molecular complexity index is 1500. The third kappa shape index (κ3) is 7.24. The molecule has 8 nitrogen and oxygen atoms in total. The molecular weight excluding hydrogens is 534 g/mol. The minimum Gasteiger partial charge on any atom is -0.325 e. The second-order valence-corrected chi connectivity index (χ2v) is 13.7. The molecule has 0 radical (unpaired) electrons. The van der Waals surface area contributed by atoms with Crippen molar-refractivity contribution >= 4 is 54.6 Å². The molecular formula is C26H30ClN3O5S2. The number of hydrogen-bond acceptors (Lipinski definition) is 5. The van der Waals surface area contributed by atoms with Gasteiger partial charge in [-0.25, -0.2) is 16.8 Å². The van der Waals surface area contributed by atoms with E-state index in [0.29, 0.717) is 27.6 Å². The number of halogens is 1. The smallest absolute Gasteiger partial charge is 0.261 e. The molecule has 37 heavy (non-hydrogen) atoms. The zero-order valence-corrected chi connectivity index (χ0v) is 23.6. The summed E-state index contributed by atoms with van der Waals surface area (Å²) in [4.78, 5) is 12.7. The van der Waals surface area contributed by atoms with Crippen LogP contribution in [0.5, 0.6) is 0 Å². The first-order chi connectivity index (χ1) is 17.1. The number of amides is 1. The van der Waals surface area contributed by atoms with Crippen molar-refractivity contribution in [2.75, 3.05) is 27.1 Å². The zero-order chi connectivity index (χ0) is 27.6. The Balaban J connectivity index is 1.73. The number of carbonyl (C=O) groups excluding carboxylic acids is 1. The summed E-state index contributed by atoms with van der Waals surface area (Å²) < 4.78 is 53.9. The monoisotopic (exact) mass is 563 g/mol. The molecule has 0 aromatic heterocycles. The van der Waals surface area contributed by atoms with Crippen LogP contribution in [0.15, 0.2) is 71.6 Å². The van der Waals surface area contributed by atoms with Crippen LogP contribution < -0.4 is 14.3 Å². The van der Waals surface area contributed by atoms with Gasteiger partial charge in [-0.1, -0.05) is 50.6 Å². The Morgan fingerprint density at radius 3 is 2.05 bits per heavy atom. The summed E-state index contributed by atoms with van der Waals surface area (Å²) in [5.41, 5.74) is 2.58.